The largest absolute Gasteiger partial charge is 0.463 e. The summed E-state index contributed by atoms with van der Waals surface area (Å²) in [5, 5.41) is 2.00. The summed E-state index contributed by atoms with van der Waals surface area (Å²) in [6.07, 6.45) is 1.64. The Morgan fingerprint density at radius 1 is 1.19 bits per heavy atom. The quantitative estimate of drug-likeness (QED) is 0.537. The lowest BCUT2D eigenvalue weighted by Crippen LogP contribution is -2.40. The van der Waals surface area contributed by atoms with Crippen LogP contribution >= 0.6 is 11.3 Å². The Bertz CT molecular complexity index is 1160. The lowest BCUT2D eigenvalue weighted by Gasteiger charge is -2.26. The van der Waals surface area contributed by atoms with Gasteiger partial charge in [-0.1, -0.05) is 0 Å². The number of sulfonamides is 1. The van der Waals surface area contributed by atoms with Gasteiger partial charge >= 0.3 is 0 Å². The zero-order valence-electron chi connectivity index (χ0n) is 17.4. The fraction of sp³-hybridized carbons (Fsp3) is 0.381. The molecular formula is C21H25N3O5S2. The van der Waals surface area contributed by atoms with Crippen molar-refractivity contribution in [3.63, 3.8) is 0 Å². The first-order valence-corrected chi connectivity index (χ1v) is 12.3. The number of thiazole rings is 1. The smallest absolute Gasteiger partial charge is 0.243 e. The zero-order valence-corrected chi connectivity index (χ0v) is 19.1. The highest BCUT2D eigenvalue weighted by atomic mass is 32.2. The van der Waals surface area contributed by atoms with E-state index >= 15 is 0 Å². The molecule has 8 nitrogen and oxygen atoms in total. The molecule has 0 saturated carbocycles. The van der Waals surface area contributed by atoms with Crippen LogP contribution in [-0.4, -0.2) is 57.3 Å². The summed E-state index contributed by atoms with van der Waals surface area (Å²) in [5.41, 5.74) is 1.59. The van der Waals surface area contributed by atoms with Crippen LogP contribution in [0.4, 0.5) is 5.69 Å². The number of hydrogen-bond donors (Lipinski definition) is 0. The van der Waals surface area contributed by atoms with E-state index < -0.39 is 10.0 Å². The second-order valence-electron chi connectivity index (χ2n) is 7.18. The average Bonchev–Trinajstić information content (AvgIpc) is 3.45. The third-order valence-electron chi connectivity index (χ3n) is 5.03. The average molecular weight is 464 g/mol. The Morgan fingerprint density at radius 3 is 2.58 bits per heavy atom. The Labute approximate surface area is 185 Å². The summed E-state index contributed by atoms with van der Waals surface area (Å²) in [6.45, 7) is 4.16. The Hall–Kier alpha value is -2.24. The van der Waals surface area contributed by atoms with Crippen LogP contribution in [0.15, 0.2) is 62.3 Å². The molecule has 0 aliphatic carbocycles. The van der Waals surface area contributed by atoms with Gasteiger partial charge < -0.3 is 18.5 Å². The number of benzene rings is 1. The first-order chi connectivity index (χ1) is 15.0. The molecule has 0 N–H and O–H groups in total. The molecule has 3 aromatic rings. The molecule has 4 rings (SSSR count). The number of ether oxygens (including phenoxy) is 2. The van der Waals surface area contributed by atoms with Crippen LogP contribution in [0.1, 0.15) is 13.0 Å². The molecule has 1 atom stereocenters. The van der Waals surface area contributed by atoms with Gasteiger partial charge in [-0.3, -0.25) is 0 Å². The summed E-state index contributed by atoms with van der Waals surface area (Å²) in [5.74, 6) is 0.757. The van der Waals surface area contributed by atoms with Crippen LogP contribution in [0.5, 0.6) is 0 Å². The normalized spacial score (nSPS) is 17.2. The molecule has 1 saturated heterocycles. The van der Waals surface area contributed by atoms with Gasteiger partial charge in [-0.05, 0) is 43.3 Å². The maximum absolute atomic E-state index is 12.8. The molecule has 1 aliphatic rings. The Balaban J connectivity index is 1.67. The minimum absolute atomic E-state index is 0.0380. The van der Waals surface area contributed by atoms with Crippen LogP contribution in [-0.2, 0) is 19.5 Å². The third-order valence-corrected chi connectivity index (χ3v) is 7.79. The second kappa shape index (κ2) is 9.49. The van der Waals surface area contributed by atoms with E-state index in [1.807, 2.05) is 17.5 Å². The molecule has 0 amide bonds. The van der Waals surface area contributed by atoms with Crippen molar-refractivity contribution in [2.45, 2.75) is 17.9 Å². The number of morpholine rings is 1. The molecule has 166 valence electrons. The fourth-order valence-corrected chi connectivity index (χ4v) is 5.89. The van der Waals surface area contributed by atoms with Gasteiger partial charge in [0.15, 0.2) is 10.6 Å². The molecule has 1 aromatic carbocycles. The van der Waals surface area contributed by atoms with Gasteiger partial charge in [0, 0.05) is 25.6 Å². The van der Waals surface area contributed by atoms with Crippen molar-refractivity contribution in [3.8, 4) is 11.5 Å². The van der Waals surface area contributed by atoms with Gasteiger partial charge in [0.1, 0.15) is 0 Å². The highest BCUT2D eigenvalue weighted by Gasteiger charge is 2.26. The third kappa shape index (κ3) is 4.68. The maximum Gasteiger partial charge on any atom is 0.243 e. The number of nitrogens with zero attached hydrogens (tertiary/aromatic N) is 3. The highest BCUT2D eigenvalue weighted by molar-refractivity contribution is 7.89. The SMILES string of the molecule is COC[C@@H](C)n1c(-c2ccco2)csc1=Nc1ccc(S(=O)(=O)N2CCOCC2)cc1. The number of methoxy groups -OCH3 is 1. The molecule has 10 heteroatoms. The van der Waals surface area contributed by atoms with Gasteiger partial charge in [0.2, 0.25) is 10.0 Å². The van der Waals surface area contributed by atoms with Crippen molar-refractivity contribution in [1.29, 1.82) is 0 Å². The lowest BCUT2D eigenvalue weighted by molar-refractivity contribution is 0.0730. The van der Waals surface area contributed by atoms with E-state index in [1.165, 1.54) is 15.6 Å². The van der Waals surface area contributed by atoms with Crippen LogP contribution < -0.4 is 4.80 Å². The lowest BCUT2D eigenvalue weighted by atomic mass is 10.3. The van der Waals surface area contributed by atoms with Crippen LogP contribution in [0.2, 0.25) is 0 Å². The minimum atomic E-state index is -3.53. The van der Waals surface area contributed by atoms with Gasteiger partial charge in [-0.2, -0.15) is 4.31 Å². The van der Waals surface area contributed by atoms with Crippen molar-refractivity contribution in [2.75, 3.05) is 40.0 Å². The van der Waals surface area contributed by atoms with Crippen molar-refractivity contribution >= 4 is 27.0 Å². The first kappa shape index (κ1) is 22.0. The van der Waals surface area contributed by atoms with Crippen molar-refractivity contribution in [3.05, 3.63) is 52.8 Å². The van der Waals surface area contributed by atoms with Gasteiger partial charge in [-0.15, -0.1) is 11.3 Å². The monoisotopic (exact) mass is 463 g/mol. The molecule has 2 aromatic heterocycles. The molecule has 1 fully saturated rings. The van der Waals surface area contributed by atoms with E-state index in [2.05, 4.69) is 11.5 Å². The molecular weight excluding hydrogens is 438 g/mol. The fourth-order valence-electron chi connectivity index (χ4n) is 3.49. The van der Waals surface area contributed by atoms with Crippen LogP contribution in [0.25, 0.3) is 11.5 Å². The topological polar surface area (TPSA) is 86.3 Å². The molecule has 0 spiro atoms. The van der Waals surface area contributed by atoms with E-state index in [0.29, 0.717) is 38.6 Å². The van der Waals surface area contributed by atoms with E-state index in [1.54, 1.807) is 37.6 Å². The zero-order chi connectivity index (χ0) is 21.8. The van der Waals surface area contributed by atoms with Gasteiger partial charge in [0.05, 0.1) is 48.4 Å². The summed E-state index contributed by atoms with van der Waals surface area (Å²) in [7, 11) is -1.86. The van der Waals surface area contributed by atoms with Crippen molar-refractivity contribution < 1.29 is 22.3 Å². The van der Waals surface area contributed by atoms with Gasteiger partial charge in [0.25, 0.3) is 0 Å². The highest BCUT2D eigenvalue weighted by Crippen LogP contribution is 2.25. The minimum Gasteiger partial charge on any atom is -0.463 e. The van der Waals surface area contributed by atoms with Crippen LogP contribution in [0, 0.1) is 0 Å². The standard InChI is InChI=1S/C21H25N3O5S2/c1-16(14-27-2)24-19(20-4-3-11-29-20)15-30-21(24)22-17-5-7-18(8-6-17)31(25,26)23-9-12-28-13-10-23/h3-8,11,15-16H,9-10,12-14H2,1-2H3/t16-/m1/s1. The molecule has 31 heavy (non-hydrogen) atoms. The Kier molecular flexibility index (Phi) is 6.73. The van der Waals surface area contributed by atoms with E-state index in [0.717, 1.165) is 16.3 Å². The first-order valence-electron chi connectivity index (χ1n) is 9.96. The number of rotatable bonds is 7. The predicted molar refractivity (Wildman–Crippen MR) is 118 cm³/mol. The Morgan fingerprint density at radius 2 is 1.94 bits per heavy atom. The summed E-state index contributed by atoms with van der Waals surface area (Å²) < 4.78 is 45.4. The maximum atomic E-state index is 12.8. The molecule has 0 bridgehead atoms. The van der Waals surface area contributed by atoms with Crippen molar-refractivity contribution in [2.24, 2.45) is 4.99 Å². The summed E-state index contributed by atoms with van der Waals surface area (Å²) in [4.78, 5) is 5.80. The molecule has 0 radical (unpaired) electrons. The van der Waals surface area contributed by atoms with E-state index in [4.69, 9.17) is 18.9 Å². The second-order valence-corrected chi connectivity index (χ2v) is 9.95. The van der Waals surface area contributed by atoms with E-state index in [-0.39, 0.29) is 10.9 Å². The molecule has 0 unspecified atom stereocenters. The van der Waals surface area contributed by atoms with Gasteiger partial charge in [-0.25, -0.2) is 13.4 Å². The predicted octanol–water partition coefficient (Wildman–Crippen LogP) is 3.27. The molecule has 3 heterocycles. The number of furan rings is 1. The summed E-state index contributed by atoms with van der Waals surface area (Å²) >= 11 is 1.50. The summed E-state index contributed by atoms with van der Waals surface area (Å²) in [6, 6.07) is 10.5. The molecule has 1 aliphatic heterocycles. The number of aromatic nitrogens is 1. The number of hydrogen-bond acceptors (Lipinski definition) is 7. The van der Waals surface area contributed by atoms with E-state index in [9.17, 15) is 8.42 Å². The van der Waals surface area contributed by atoms with Crippen molar-refractivity contribution in [1.82, 2.24) is 8.87 Å². The van der Waals surface area contributed by atoms with Crippen LogP contribution in [0.3, 0.4) is 0 Å².